The van der Waals surface area contributed by atoms with Crippen molar-refractivity contribution in [3.8, 4) is 0 Å². The summed E-state index contributed by atoms with van der Waals surface area (Å²) in [5.41, 5.74) is 15.0. The third-order valence-corrected chi connectivity index (χ3v) is 3.03. The number of anilines is 1. The van der Waals surface area contributed by atoms with Gasteiger partial charge in [-0.15, -0.1) is 0 Å². The maximum absolute atomic E-state index is 11.2. The highest BCUT2D eigenvalue weighted by Gasteiger charge is 2.29. The van der Waals surface area contributed by atoms with Crippen LogP contribution in [-0.2, 0) is 20.7 Å². The summed E-state index contributed by atoms with van der Waals surface area (Å²) in [5.74, 6) is -1.14. The minimum absolute atomic E-state index is 0.0600. The van der Waals surface area contributed by atoms with Gasteiger partial charge in [-0.1, -0.05) is 0 Å². The Kier molecular flexibility index (Phi) is 9.49. The molecule has 1 aliphatic rings. The molecule has 0 spiro atoms. The predicted octanol–water partition coefficient (Wildman–Crippen LogP) is -1.83. The maximum Gasteiger partial charge on any atom is 0.316 e. The first-order valence-electron chi connectivity index (χ1n) is 7.32. The van der Waals surface area contributed by atoms with Crippen molar-refractivity contribution in [1.82, 2.24) is 9.97 Å². The van der Waals surface area contributed by atoms with E-state index in [1.54, 1.807) is 6.92 Å². The van der Waals surface area contributed by atoms with Crippen molar-refractivity contribution in [1.29, 1.82) is 5.41 Å². The SMILES string of the molecule is CC(=O)C1CCOC1=O.Cc1nc(N)[nH]c(=O)c1CCO.N=C(N)N. The van der Waals surface area contributed by atoms with Gasteiger partial charge in [0.05, 0.1) is 12.3 Å². The van der Waals surface area contributed by atoms with Crippen LogP contribution >= 0.6 is 0 Å². The van der Waals surface area contributed by atoms with Crippen molar-refractivity contribution < 1.29 is 19.4 Å². The van der Waals surface area contributed by atoms with E-state index in [-0.39, 0.29) is 35.8 Å². The van der Waals surface area contributed by atoms with E-state index in [4.69, 9.17) is 16.2 Å². The third kappa shape index (κ3) is 8.46. The Labute approximate surface area is 144 Å². The van der Waals surface area contributed by atoms with E-state index in [1.807, 2.05) is 0 Å². The summed E-state index contributed by atoms with van der Waals surface area (Å²) < 4.78 is 4.57. The highest BCUT2D eigenvalue weighted by atomic mass is 16.5. The smallest absolute Gasteiger partial charge is 0.316 e. The van der Waals surface area contributed by atoms with Gasteiger partial charge in [0.2, 0.25) is 5.95 Å². The number of rotatable bonds is 3. The zero-order valence-corrected chi connectivity index (χ0v) is 14.2. The van der Waals surface area contributed by atoms with Crippen LogP contribution in [0.25, 0.3) is 0 Å². The quantitative estimate of drug-likeness (QED) is 0.155. The molecule has 1 atom stereocenters. The standard InChI is InChI=1S/C7H11N3O2.C6H8O3.CH5N3/c1-4-5(2-3-11)6(12)10-7(8)9-4;1-4(7)5-2-3-9-6(5)8;2-1(3)4/h11H,2-3H2,1H3,(H3,8,9,10,12);5H,2-3H2,1H3;(H5,2,3,4). The summed E-state index contributed by atoms with van der Waals surface area (Å²) in [7, 11) is 0. The number of nitrogens with two attached hydrogens (primary N) is 3. The van der Waals surface area contributed by atoms with Crippen LogP contribution in [0.1, 0.15) is 24.6 Å². The summed E-state index contributed by atoms with van der Waals surface area (Å²) in [4.78, 5) is 38.5. The van der Waals surface area contributed by atoms with E-state index < -0.39 is 5.92 Å². The number of cyclic esters (lactones) is 1. The first kappa shape index (κ1) is 22.1. The van der Waals surface area contributed by atoms with Crippen molar-refractivity contribution >= 4 is 23.7 Å². The molecule has 1 aliphatic heterocycles. The normalized spacial score (nSPS) is 15.2. The molecule has 11 heteroatoms. The first-order valence-corrected chi connectivity index (χ1v) is 7.32. The van der Waals surface area contributed by atoms with Crippen molar-refractivity contribution in [2.24, 2.45) is 17.4 Å². The lowest BCUT2D eigenvalue weighted by Crippen LogP contribution is -2.20. The lowest BCUT2D eigenvalue weighted by molar-refractivity contribution is -0.144. The van der Waals surface area contributed by atoms with Crippen LogP contribution in [-0.4, -0.2) is 46.0 Å². The number of ketones is 1. The molecule has 1 aromatic rings. The number of esters is 1. The summed E-state index contributed by atoms with van der Waals surface area (Å²) in [6, 6.07) is 0. The van der Waals surface area contributed by atoms with E-state index in [0.29, 0.717) is 30.7 Å². The number of aromatic nitrogens is 2. The molecule has 0 saturated carbocycles. The van der Waals surface area contributed by atoms with Gasteiger partial charge in [0.25, 0.3) is 5.56 Å². The van der Waals surface area contributed by atoms with E-state index in [9.17, 15) is 14.4 Å². The second-order valence-corrected chi connectivity index (χ2v) is 5.06. The van der Waals surface area contributed by atoms with Gasteiger partial charge in [0.1, 0.15) is 11.7 Å². The second-order valence-electron chi connectivity index (χ2n) is 5.06. The van der Waals surface area contributed by atoms with Crippen LogP contribution in [0.15, 0.2) is 4.79 Å². The first-order chi connectivity index (χ1) is 11.6. The molecule has 0 aromatic carbocycles. The number of nitrogens with one attached hydrogen (secondary N) is 2. The average molecular weight is 356 g/mol. The lowest BCUT2D eigenvalue weighted by atomic mass is 10.1. The number of aliphatic hydroxyl groups excluding tert-OH is 1. The van der Waals surface area contributed by atoms with Crippen LogP contribution in [0.4, 0.5) is 5.95 Å². The molecule has 0 radical (unpaired) electrons. The van der Waals surface area contributed by atoms with Crippen molar-refractivity contribution in [2.75, 3.05) is 18.9 Å². The molecule has 2 rings (SSSR count). The molecule has 0 bridgehead atoms. The Bertz CT molecular complexity index is 668. The van der Waals surface area contributed by atoms with Gasteiger partial charge in [-0.3, -0.25) is 24.8 Å². The number of nitrogens with zero attached hydrogens (tertiary/aromatic N) is 1. The fraction of sp³-hybridized carbons (Fsp3) is 0.500. The predicted molar refractivity (Wildman–Crippen MR) is 90.6 cm³/mol. The van der Waals surface area contributed by atoms with Gasteiger partial charge < -0.3 is 27.0 Å². The van der Waals surface area contributed by atoms with Crippen LogP contribution in [0.3, 0.4) is 0 Å². The monoisotopic (exact) mass is 356 g/mol. The largest absolute Gasteiger partial charge is 0.465 e. The zero-order chi connectivity index (χ0) is 19.6. The van der Waals surface area contributed by atoms with Crippen LogP contribution in [0.5, 0.6) is 0 Å². The molecule has 140 valence electrons. The molecule has 0 amide bonds. The molecule has 11 nitrogen and oxygen atoms in total. The lowest BCUT2D eigenvalue weighted by Gasteiger charge is -2.01. The Morgan fingerprint density at radius 1 is 1.44 bits per heavy atom. The van der Waals surface area contributed by atoms with Crippen LogP contribution < -0.4 is 22.8 Å². The van der Waals surface area contributed by atoms with Gasteiger partial charge in [-0.05, 0) is 13.8 Å². The van der Waals surface area contributed by atoms with Gasteiger partial charge >= 0.3 is 5.97 Å². The van der Waals surface area contributed by atoms with Gasteiger partial charge in [-0.2, -0.15) is 0 Å². The Morgan fingerprint density at radius 2 is 2.00 bits per heavy atom. The van der Waals surface area contributed by atoms with Crippen LogP contribution in [0, 0.1) is 18.3 Å². The van der Waals surface area contributed by atoms with E-state index in [0.717, 1.165) is 0 Å². The number of aryl methyl sites for hydroxylation is 1. The second kappa shape index (κ2) is 10.8. The molecular weight excluding hydrogens is 332 g/mol. The number of aliphatic hydroxyl groups is 1. The minimum Gasteiger partial charge on any atom is -0.465 e. The van der Waals surface area contributed by atoms with Gasteiger partial charge in [0.15, 0.2) is 5.96 Å². The molecule has 25 heavy (non-hydrogen) atoms. The van der Waals surface area contributed by atoms with E-state index >= 15 is 0 Å². The number of nitrogen functional groups attached to an aromatic ring is 1. The van der Waals surface area contributed by atoms with Crippen molar-refractivity contribution in [3.05, 3.63) is 21.6 Å². The highest BCUT2D eigenvalue weighted by Crippen LogP contribution is 2.14. The third-order valence-electron chi connectivity index (χ3n) is 3.03. The molecule has 9 N–H and O–H groups in total. The number of aromatic amines is 1. The minimum atomic E-state index is -0.468. The molecular formula is C14H24N6O5. The number of H-pyrrole nitrogens is 1. The van der Waals surface area contributed by atoms with E-state index in [2.05, 4.69) is 26.2 Å². The average Bonchev–Trinajstić information content (AvgIpc) is 2.89. The molecule has 2 heterocycles. The highest BCUT2D eigenvalue weighted by molar-refractivity contribution is 5.98. The molecule has 0 aliphatic carbocycles. The number of Topliss-reactive ketones (excluding diaryl/α,β-unsaturated/α-hetero) is 1. The molecule has 1 unspecified atom stereocenters. The Morgan fingerprint density at radius 3 is 2.32 bits per heavy atom. The molecule has 1 fully saturated rings. The number of carbonyl (C=O) groups excluding carboxylic acids is 2. The van der Waals surface area contributed by atoms with Gasteiger partial charge in [-0.25, -0.2) is 4.98 Å². The van der Waals surface area contributed by atoms with Gasteiger partial charge in [0, 0.05) is 25.0 Å². The topological polar surface area (TPSA) is 211 Å². The van der Waals surface area contributed by atoms with Crippen molar-refractivity contribution in [3.63, 3.8) is 0 Å². The molecule has 1 aromatic heterocycles. The zero-order valence-electron chi connectivity index (χ0n) is 14.2. The summed E-state index contributed by atoms with van der Waals surface area (Å²) in [5, 5.41) is 14.7. The Hall–Kier alpha value is -2.95. The maximum atomic E-state index is 11.2. The summed E-state index contributed by atoms with van der Waals surface area (Å²) >= 11 is 0. The number of hydrogen-bond acceptors (Lipinski definition) is 8. The number of ether oxygens (including phenoxy) is 1. The van der Waals surface area contributed by atoms with Crippen molar-refractivity contribution in [2.45, 2.75) is 26.7 Å². The fourth-order valence-corrected chi connectivity index (χ4v) is 1.90. The summed E-state index contributed by atoms with van der Waals surface area (Å²) in [6.07, 6.45) is 0.878. The number of hydrogen-bond donors (Lipinski definition) is 6. The summed E-state index contributed by atoms with van der Waals surface area (Å²) in [6.45, 7) is 3.45. The van der Waals surface area contributed by atoms with Crippen LogP contribution in [0.2, 0.25) is 0 Å². The number of carbonyl (C=O) groups is 2. The Balaban J connectivity index is 0.000000391. The number of guanidine groups is 1. The van der Waals surface area contributed by atoms with E-state index in [1.165, 1.54) is 6.92 Å². The molecule has 1 saturated heterocycles. The fourth-order valence-electron chi connectivity index (χ4n) is 1.90.